The van der Waals surface area contributed by atoms with E-state index in [1.54, 1.807) is 4.31 Å². The van der Waals surface area contributed by atoms with E-state index in [0.717, 1.165) is 18.4 Å². The first-order valence-corrected chi connectivity index (χ1v) is 10.9. The van der Waals surface area contributed by atoms with Gasteiger partial charge in [0.1, 0.15) is 0 Å². The van der Waals surface area contributed by atoms with Crippen LogP contribution in [0.5, 0.6) is 0 Å². The number of benzene rings is 1. The van der Waals surface area contributed by atoms with Crippen molar-refractivity contribution in [3.63, 3.8) is 0 Å². The summed E-state index contributed by atoms with van der Waals surface area (Å²) in [5, 5.41) is 4.11. The first kappa shape index (κ1) is 19.0. The quantitative estimate of drug-likeness (QED) is 0.766. The molecule has 2 aromatic rings. The summed E-state index contributed by atoms with van der Waals surface area (Å²) in [6, 6.07) is 8.16. The minimum Gasteiger partial charge on any atom is -0.339 e. The van der Waals surface area contributed by atoms with E-state index in [1.807, 2.05) is 19.1 Å². The van der Waals surface area contributed by atoms with E-state index in [1.165, 1.54) is 5.56 Å². The molecule has 26 heavy (non-hydrogen) atoms. The third-order valence-electron chi connectivity index (χ3n) is 4.87. The van der Waals surface area contributed by atoms with E-state index in [2.05, 4.69) is 36.1 Å². The van der Waals surface area contributed by atoms with Crippen LogP contribution in [0.15, 0.2) is 28.8 Å². The molecule has 0 N–H and O–H groups in total. The second-order valence-electron chi connectivity index (χ2n) is 7.25. The Morgan fingerprint density at radius 3 is 2.65 bits per heavy atom. The molecule has 7 heteroatoms. The summed E-state index contributed by atoms with van der Waals surface area (Å²) >= 11 is 0. The first-order valence-electron chi connectivity index (χ1n) is 9.32. The lowest BCUT2D eigenvalue weighted by Crippen LogP contribution is -2.40. The molecule has 0 saturated carbocycles. The lowest BCUT2D eigenvalue weighted by molar-refractivity contribution is 0.265. The number of hydrogen-bond donors (Lipinski definition) is 0. The molecule has 6 nitrogen and oxygen atoms in total. The minimum atomic E-state index is -3.19. The van der Waals surface area contributed by atoms with Crippen LogP contribution in [0.2, 0.25) is 0 Å². The summed E-state index contributed by atoms with van der Waals surface area (Å²) in [4.78, 5) is 4.54. The van der Waals surface area contributed by atoms with E-state index in [0.29, 0.717) is 37.1 Å². The third-order valence-corrected chi connectivity index (χ3v) is 6.91. The zero-order chi connectivity index (χ0) is 18.7. The zero-order valence-corrected chi connectivity index (χ0v) is 16.5. The van der Waals surface area contributed by atoms with Crippen molar-refractivity contribution >= 4 is 10.0 Å². The summed E-state index contributed by atoms with van der Waals surface area (Å²) in [6.07, 6.45) is 2.31. The standard InChI is InChI=1S/C19H27N3O3S/c1-4-12-26(23,24)22-11-5-6-17(13-22)19-20-18(21-25-19)16-9-7-15(8-10-16)14(2)3/h7-10,14,17H,4-6,11-13H2,1-3H3/t17-/m0/s1. The summed E-state index contributed by atoms with van der Waals surface area (Å²) in [7, 11) is -3.19. The topological polar surface area (TPSA) is 76.3 Å². The highest BCUT2D eigenvalue weighted by Crippen LogP contribution is 2.29. The van der Waals surface area contributed by atoms with E-state index in [9.17, 15) is 8.42 Å². The second-order valence-corrected chi connectivity index (χ2v) is 9.33. The Labute approximate surface area is 155 Å². The number of hydrogen-bond acceptors (Lipinski definition) is 5. The average Bonchev–Trinajstić information content (AvgIpc) is 3.12. The molecule has 1 aromatic carbocycles. The van der Waals surface area contributed by atoms with Crippen LogP contribution >= 0.6 is 0 Å². The smallest absolute Gasteiger partial charge is 0.231 e. The molecule has 1 aliphatic rings. The molecule has 1 atom stereocenters. The number of sulfonamides is 1. The highest BCUT2D eigenvalue weighted by Gasteiger charge is 2.31. The summed E-state index contributed by atoms with van der Waals surface area (Å²) in [5.74, 6) is 1.72. The van der Waals surface area contributed by atoms with Gasteiger partial charge in [0.15, 0.2) is 0 Å². The fourth-order valence-corrected chi connectivity index (χ4v) is 4.91. The van der Waals surface area contributed by atoms with Crippen molar-refractivity contribution in [3.8, 4) is 11.4 Å². The Balaban J connectivity index is 1.75. The number of rotatable bonds is 6. The molecule has 2 heterocycles. The molecule has 3 rings (SSSR count). The van der Waals surface area contributed by atoms with Gasteiger partial charge in [-0.25, -0.2) is 12.7 Å². The molecule has 0 amide bonds. The predicted molar refractivity (Wildman–Crippen MR) is 101 cm³/mol. The van der Waals surface area contributed by atoms with Gasteiger partial charge in [0.05, 0.1) is 11.7 Å². The zero-order valence-electron chi connectivity index (χ0n) is 15.7. The Morgan fingerprint density at radius 2 is 2.00 bits per heavy atom. The molecule has 142 valence electrons. The fourth-order valence-electron chi connectivity index (χ4n) is 3.32. The Morgan fingerprint density at radius 1 is 1.27 bits per heavy atom. The van der Waals surface area contributed by atoms with Crippen LogP contribution in [0.3, 0.4) is 0 Å². The van der Waals surface area contributed by atoms with Crippen LogP contribution in [-0.4, -0.2) is 41.7 Å². The van der Waals surface area contributed by atoms with Crippen molar-refractivity contribution in [3.05, 3.63) is 35.7 Å². The average molecular weight is 378 g/mol. The molecule has 1 aliphatic heterocycles. The van der Waals surface area contributed by atoms with Crippen molar-refractivity contribution in [1.82, 2.24) is 14.4 Å². The molecular formula is C19H27N3O3S. The summed E-state index contributed by atoms with van der Waals surface area (Å²) in [5.41, 5.74) is 2.18. The van der Waals surface area contributed by atoms with Gasteiger partial charge in [-0.2, -0.15) is 4.98 Å². The van der Waals surface area contributed by atoms with E-state index in [-0.39, 0.29) is 11.7 Å². The van der Waals surface area contributed by atoms with Gasteiger partial charge in [-0.1, -0.05) is 50.2 Å². The normalized spacial score (nSPS) is 19.2. The summed E-state index contributed by atoms with van der Waals surface area (Å²) < 4.78 is 31.7. The molecule has 0 bridgehead atoms. The van der Waals surface area contributed by atoms with Gasteiger partial charge >= 0.3 is 0 Å². The fraction of sp³-hybridized carbons (Fsp3) is 0.579. The van der Waals surface area contributed by atoms with Crippen LogP contribution in [0, 0.1) is 0 Å². The second kappa shape index (κ2) is 7.88. The molecule has 1 saturated heterocycles. The molecule has 0 unspecified atom stereocenters. The third kappa shape index (κ3) is 4.15. The van der Waals surface area contributed by atoms with Gasteiger partial charge in [0.25, 0.3) is 0 Å². The van der Waals surface area contributed by atoms with Crippen molar-refractivity contribution in [2.24, 2.45) is 0 Å². The van der Waals surface area contributed by atoms with Crippen molar-refractivity contribution in [2.45, 2.75) is 51.9 Å². The van der Waals surface area contributed by atoms with E-state index < -0.39 is 10.0 Å². The van der Waals surface area contributed by atoms with Gasteiger partial charge < -0.3 is 4.52 Å². The van der Waals surface area contributed by atoms with Crippen molar-refractivity contribution in [1.29, 1.82) is 0 Å². The van der Waals surface area contributed by atoms with Gasteiger partial charge in [-0.3, -0.25) is 0 Å². The molecule has 1 fully saturated rings. The van der Waals surface area contributed by atoms with Crippen LogP contribution in [0.4, 0.5) is 0 Å². The lowest BCUT2D eigenvalue weighted by atomic mass is 9.99. The SMILES string of the molecule is CCCS(=O)(=O)N1CCC[C@H](c2nc(-c3ccc(C(C)C)cc3)no2)C1. The maximum atomic E-state index is 12.3. The number of nitrogens with zero attached hydrogens (tertiary/aromatic N) is 3. The van der Waals surface area contributed by atoms with Crippen LogP contribution in [0.25, 0.3) is 11.4 Å². The van der Waals surface area contributed by atoms with Gasteiger partial charge in [-0.15, -0.1) is 0 Å². The van der Waals surface area contributed by atoms with Crippen molar-refractivity contribution < 1.29 is 12.9 Å². The molecular weight excluding hydrogens is 350 g/mol. The van der Waals surface area contributed by atoms with Crippen molar-refractivity contribution in [2.75, 3.05) is 18.8 Å². The largest absolute Gasteiger partial charge is 0.339 e. The van der Waals surface area contributed by atoms with Crippen LogP contribution in [-0.2, 0) is 10.0 Å². The van der Waals surface area contributed by atoms with Gasteiger partial charge in [-0.05, 0) is 30.7 Å². The Hall–Kier alpha value is -1.73. The molecule has 0 radical (unpaired) electrons. The van der Waals surface area contributed by atoms with E-state index >= 15 is 0 Å². The summed E-state index contributed by atoms with van der Waals surface area (Å²) in [6.45, 7) is 7.20. The van der Waals surface area contributed by atoms with Crippen LogP contribution in [0.1, 0.15) is 63.3 Å². The van der Waals surface area contributed by atoms with Gasteiger partial charge in [0, 0.05) is 18.7 Å². The maximum absolute atomic E-state index is 12.3. The minimum absolute atomic E-state index is 0.0356. The Kier molecular flexibility index (Phi) is 5.77. The Bertz CT molecular complexity index is 828. The lowest BCUT2D eigenvalue weighted by Gasteiger charge is -2.30. The monoisotopic (exact) mass is 377 g/mol. The highest BCUT2D eigenvalue weighted by atomic mass is 32.2. The molecule has 0 aliphatic carbocycles. The first-order chi connectivity index (χ1) is 12.4. The molecule has 0 spiro atoms. The van der Waals surface area contributed by atoms with Crippen LogP contribution < -0.4 is 0 Å². The number of piperidine rings is 1. The van der Waals surface area contributed by atoms with E-state index in [4.69, 9.17) is 4.52 Å². The molecule has 1 aromatic heterocycles. The number of aromatic nitrogens is 2. The maximum Gasteiger partial charge on any atom is 0.231 e. The predicted octanol–water partition coefficient (Wildman–Crippen LogP) is 3.78. The highest BCUT2D eigenvalue weighted by molar-refractivity contribution is 7.89. The van der Waals surface area contributed by atoms with Gasteiger partial charge in [0.2, 0.25) is 21.7 Å².